The van der Waals surface area contributed by atoms with E-state index in [0.29, 0.717) is 0 Å². The van der Waals surface area contributed by atoms with Gasteiger partial charge in [-0.1, -0.05) is 17.7 Å². The van der Waals surface area contributed by atoms with E-state index in [0.717, 1.165) is 6.07 Å². The minimum Gasteiger partial charge on any atom is -0.478 e. The number of carboxylic acid groups (broad SMARTS) is 1. The minimum absolute atomic E-state index is 0.0000586. The first-order valence-electron chi connectivity index (χ1n) is 5.57. The molecule has 0 radical (unpaired) electrons. The van der Waals surface area contributed by atoms with E-state index in [9.17, 15) is 14.0 Å². The van der Waals surface area contributed by atoms with E-state index in [1.807, 2.05) is 0 Å². The topological polar surface area (TPSA) is 66.4 Å². The Hall–Kier alpha value is -2.40. The predicted molar refractivity (Wildman–Crippen MR) is 72.8 cm³/mol. The van der Waals surface area contributed by atoms with Gasteiger partial charge in [0.05, 0.1) is 10.6 Å². The summed E-state index contributed by atoms with van der Waals surface area (Å²) < 4.78 is 13.2. The first kappa shape index (κ1) is 14.0. The van der Waals surface area contributed by atoms with Crippen molar-refractivity contribution in [1.82, 2.24) is 0 Å². The highest BCUT2D eigenvalue weighted by Gasteiger charge is 2.10. The third-order valence-electron chi connectivity index (χ3n) is 2.55. The van der Waals surface area contributed by atoms with E-state index in [1.165, 1.54) is 36.4 Å². The molecule has 1 amide bonds. The molecule has 0 aliphatic heterocycles. The van der Waals surface area contributed by atoms with Crippen molar-refractivity contribution in [1.29, 1.82) is 0 Å². The molecular weight excluding hydrogens is 285 g/mol. The average molecular weight is 294 g/mol. The van der Waals surface area contributed by atoms with E-state index in [1.54, 1.807) is 0 Å². The monoisotopic (exact) mass is 293 g/mol. The first-order chi connectivity index (χ1) is 9.47. The van der Waals surface area contributed by atoms with Crippen molar-refractivity contribution in [2.45, 2.75) is 0 Å². The zero-order valence-electron chi connectivity index (χ0n) is 10.1. The molecule has 2 aromatic rings. The summed E-state index contributed by atoms with van der Waals surface area (Å²) in [6.07, 6.45) is 0. The van der Waals surface area contributed by atoms with Crippen molar-refractivity contribution in [3.63, 3.8) is 0 Å². The van der Waals surface area contributed by atoms with E-state index >= 15 is 0 Å². The average Bonchev–Trinajstić information content (AvgIpc) is 2.43. The molecule has 0 fully saturated rings. The Kier molecular flexibility index (Phi) is 4.00. The summed E-state index contributed by atoms with van der Waals surface area (Å²) in [5.74, 6) is -2.31. The highest BCUT2D eigenvalue weighted by molar-refractivity contribution is 6.30. The molecule has 0 bridgehead atoms. The van der Waals surface area contributed by atoms with Gasteiger partial charge in [-0.05, 0) is 36.4 Å². The van der Waals surface area contributed by atoms with Crippen molar-refractivity contribution in [3.8, 4) is 0 Å². The van der Waals surface area contributed by atoms with Crippen LogP contribution in [0.2, 0.25) is 5.02 Å². The predicted octanol–water partition coefficient (Wildman–Crippen LogP) is 3.43. The Bertz CT molecular complexity index is 688. The highest BCUT2D eigenvalue weighted by atomic mass is 35.5. The fraction of sp³-hybridized carbons (Fsp3) is 0. The second-order valence-corrected chi connectivity index (χ2v) is 4.38. The quantitative estimate of drug-likeness (QED) is 0.911. The number of carbonyl (C=O) groups excluding carboxylic acids is 1. The number of carboxylic acids is 1. The molecule has 0 aliphatic carbocycles. The summed E-state index contributed by atoms with van der Waals surface area (Å²) in [5.41, 5.74) is 0.401. The van der Waals surface area contributed by atoms with Gasteiger partial charge >= 0.3 is 5.97 Å². The Balaban J connectivity index is 2.21. The summed E-state index contributed by atoms with van der Waals surface area (Å²) >= 11 is 5.54. The summed E-state index contributed by atoms with van der Waals surface area (Å²) in [5, 5.41) is 11.3. The zero-order valence-corrected chi connectivity index (χ0v) is 10.8. The lowest BCUT2D eigenvalue weighted by Gasteiger charge is -2.06. The van der Waals surface area contributed by atoms with Crippen molar-refractivity contribution >= 4 is 29.2 Å². The Morgan fingerprint density at radius 3 is 2.45 bits per heavy atom. The van der Waals surface area contributed by atoms with Crippen molar-refractivity contribution in [3.05, 3.63) is 64.4 Å². The maximum Gasteiger partial charge on any atom is 0.335 e. The molecular formula is C14H9ClFNO3. The molecule has 0 saturated heterocycles. The van der Waals surface area contributed by atoms with Crippen LogP contribution in [0.25, 0.3) is 0 Å². The molecule has 0 atom stereocenters. The lowest BCUT2D eigenvalue weighted by atomic mass is 10.1. The molecule has 2 rings (SSSR count). The molecule has 0 saturated carbocycles. The molecule has 0 aliphatic rings. The van der Waals surface area contributed by atoms with Gasteiger partial charge in [0.1, 0.15) is 5.82 Å². The van der Waals surface area contributed by atoms with Gasteiger partial charge in [-0.3, -0.25) is 4.79 Å². The maximum absolute atomic E-state index is 13.2. The van der Waals surface area contributed by atoms with Crippen LogP contribution < -0.4 is 5.32 Å². The van der Waals surface area contributed by atoms with Gasteiger partial charge in [-0.15, -0.1) is 0 Å². The minimum atomic E-state index is -1.13. The van der Waals surface area contributed by atoms with Gasteiger partial charge in [-0.2, -0.15) is 0 Å². The fourth-order valence-electron chi connectivity index (χ4n) is 1.57. The van der Waals surface area contributed by atoms with Crippen LogP contribution in [0.3, 0.4) is 0 Å². The number of carbonyl (C=O) groups is 2. The molecule has 2 aromatic carbocycles. The Labute approximate surface area is 118 Å². The van der Waals surface area contributed by atoms with Crippen LogP contribution in [0.4, 0.5) is 10.1 Å². The van der Waals surface area contributed by atoms with Gasteiger partial charge in [0.15, 0.2) is 0 Å². The maximum atomic E-state index is 13.2. The molecule has 0 unspecified atom stereocenters. The van der Waals surface area contributed by atoms with Crippen LogP contribution in [0, 0.1) is 5.82 Å². The third kappa shape index (κ3) is 3.13. The van der Waals surface area contributed by atoms with E-state index in [-0.39, 0.29) is 21.8 Å². The van der Waals surface area contributed by atoms with Crippen LogP contribution in [0.15, 0.2) is 42.5 Å². The number of amides is 1. The number of aromatic carboxylic acids is 1. The Morgan fingerprint density at radius 2 is 1.80 bits per heavy atom. The third-order valence-corrected chi connectivity index (χ3v) is 2.86. The molecule has 0 aromatic heterocycles. The largest absolute Gasteiger partial charge is 0.478 e. The first-order valence-corrected chi connectivity index (χ1v) is 5.95. The van der Waals surface area contributed by atoms with Gasteiger partial charge in [0, 0.05) is 11.3 Å². The molecule has 20 heavy (non-hydrogen) atoms. The second-order valence-electron chi connectivity index (χ2n) is 3.97. The smallest absolute Gasteiger partial charge is 0.335 e. The van der Waals surface area contributed by atoms with Gasteiger partial charge in [0.25, 0.3) is 5.91 Å². The molecule has 0 spiro atoms. The van der Waals surface area contributed by atoms with E-state index in [4.69, 9.17) is 16.7 Å². The molecule has 102 valence electrons. The van der Waals surface area contributed by atoms with Gasteiger partial charge in [-0.25, -0.2) is 9.18 Å². The van der Waals surface area contributed by atoms with Crippen molar-refractivity contribution in [2.24, 2.45) is 0 Å². The number of hydrogen-bond donors (Lipinski definition) is 2. The van der Waals surface area contributed by atoms with Crippen LogP contribution in [0.5, 0.6) is 0 Å². The summed E-state index contributed by atoms with van der Waals surface area (Å²) in [6.45, 7) is 0. The van der Waals surface area contributed by atoms with E-state index in [2.05, 4.69) is 5.32 Å². The lowest BCUT2D eigenvalue weighted by Crippen LogP contribution is -2.13. The second kappa shape index (κ2) is 5.71. The fourth-order valence-corrected chi connectivity index (χ4v) is 1.69. The standard InChI is InChI=1S/C14H9ClFNO3/c15-11-5-4-10(7-12(11)16)17-13(18)8-2-1-3-9(6-8)14(19)20/h1-7H,(H,17,18)(H,19,20). The number of halogens is 2. The summed E-state index contributed by atoms with van der Waals surface area (Å²) in [7, 11) is 0. The number of nitrogens with one attached hydrogen (secondary N) is 1. The highest BCUT2D eigenvalue weighted by Crippen LogP contribution is 2.19. The molecule has 0 heterocycles. The number of benzene rings is 2. The van der Waals surface area contributed by atoms with Crippen molar-refractivity contribution in [2.75, 3.05) is 5.32 Å². The van der Waals surface area contributed by atoms with Gasteiger partial charge < -0.3 is 10.4 Å². The van der Waals surface area contributed by atoms with Crippen LogP contribution in [0.1, 0.15) is 20.7 Å². The summed E-state index contributed by atoms with van der Waals surface area (Å²) in [4.78, 5) is 22.7. The molecule has 4 nitrogen and oxygen atoms in total. The number of hydrogen-bond acceptors (Lipinski definition) is 2. The number of anilines is 1. The SMILES string of the molecule is O=C(O)c1cccc(C(=O)Nc2ccc(Cl)c(F)c2)c1. The van der Waals surface area contributed by atoms with Crippen LogP contribution >= 0.6 is 11.6 Å². The lowest BCUT2D eigenvalue weighted by molar-refractivity contribution is 0.0697. The Morgan fingerprint density at radius 1 is 1.10 bits per heavy atom. The van der Waals surface area contributed by atoms with Crippen LogP contribution in [-0.2, 0) is 0 Å². The zero-order chi connectivity index (χ0) is 14.7. The normalized spacial score (nSPS) is 10.1. The molecule has 2 N–H and O–H groups in total. The van der Waals surface area contributed by atoms with Crippen LogP contribution in [-0.4, -0.2) is 17.0 Å². The van der Waals surface area contributed by atoms with Gasteiger partial charge in [0.2, 0.25) is 0 Å². The number of rotatable bonds is 3. The van der Waals surface area contributed by atoms with E-state index < -0.39 is 17.7 Å². The molecule has 6 heteroatoms. The summed E-state index contributed by atoms with van der Waals surface area (Å²) in [6, 6.07) is 9.39. The van der Waals surface area contributed by atoms with Crippen molar-refractivity contribution < 1.29 is 19.1 Å².